The second-order valence-corrected chi connectivity index (χ2v) is 6.59. The number of nitrogens with one attached hydrogen (secondary N) is 1. The van der Waals surface area contributed by atoms with Crippen molar-refractivity contribution in [1.82, 2.24) is 5.32 Å². The zero-order valence-corrected chi connectivity index (χ0v) is 13.0. The van der Waals surface area contributed by atoms with Crippen LogP contribution >= 0.6 is 11.6 Å². The van der Waals surface area contributed by atoms with Crippen LogP contribution in [-0.4, -0.2) is 13.1 Å². The van der Waals surface area contributed by atoms with Gasteiger partial charge < -0.3 is 5.32 Å². The molecule has 0 aromatic heterocycles. The molecule has 1 N–H and O–H groups in total. The van der Waals surface area contributed by atoms with Crippen LogP contribution in [0.5, 0.6) is 0 Å². The monoisotopic (exact) mass is 279 g/mol. The maximum atomic E-state index is 6.20. The highest BCUT2D eigenvalue weighted by molar-refractivity contribution is 6.30. The first-order valence-electron chi connectivity index (χ1n) is 7.63. The molecule has 1 nitrogen and oxygen atoms in total. The van der Waals surface area contributed by atoms with Crippen molar-refractivity contribution in [2.45, 2.75) is 51.4 Å². The normalized spacial score (nSPS) is 27.4. The van der Waals surface area contributed by atoms with Gasteiger partial charge in [0.25, 0.3) is 0 Å². The molecule has 1 aliphatic rings. The van der Waals surface area contributed by atoms with Crippen molar-refractivity contribution >= 4 is 11.6 Å². The number of hydrogen-bond acceptors (Lipinski definition) is 1. The molecule has 0 saturated heterocycles. The van der Waals surface area contributed by atoms with E-state index in [0.29, 0.717) is 5.41 Å². The lowest BCUT2D eigenvalue weighted by Gasteiger charge is -2.40. The molecular weight excluding hydrogens is 254 g/mol. The molecule has 0 amide bonds. The van der Waals surface area contributed by atoms with Gasteiger partial charge >= 0.3 is 0 Å². The van der Waals surface area contributed by atoms with E-state index >= 15 is 0 Å². The van der Waals surface area contributed by atoms with Gasteiger partial charge in [-0.15, -0.1) is 0 Å². The summed E-state index contributed by atoms with van der Waals surface area (Å²) in [6.45, 7) is 6.80. The number of hydrogen-bond donors (Lipinski definition) is 1. The number of benzene rings is 1. The van der Waals surface area contributed by atoms with Crippen LogP contribution in [0.25, 0.3) is 0 Å². The van der Waals surface area contributed by atoms with E-state index in [9.17, 15) is 0 Å². The van der Waals surface area contributed by atoms with Crippen LogP contribution in [-0.2, 0) is 5.41 Å². The van der Waals surface area contributed by atoms with Crippen molar-refractivity contribution in [2.24, 2.45) is 5.92 Å². The van der Waals surface area contributed by atoms with Crippen molar-refractivity contribution in [3.63, 3.8) is 0 Å². The van der Waals surface area contributed by atoms with Gasteiger partial charge in [0.15, 0.2) is 0 Å². The summed E-state index contributed by atoms with van der Waals surface area (Å²) in [6.07, 6.45) is 6.43. The average molecular weight is 280 g/mol. The Labute approximate surface area is 122 Å². The summed E-state index contributed by atoms with van der Waals surface area (Å²) in [6, 6.07) is 8.50. The van der Waals surface area contributed by atoms with Crippen LogP contribution in [0.1, 0.15) is 51.5 Å². The highest BCUT2D eigenvalue weighted by Crippen LogP contribution is 2.41. The van der Waals surface area contributed by atoms with E-state index < -0.39 is 0 Å². The van der Waals surface area contributed by atoms with Gasteiger partial charge in [-0.3, -0.25) is 0 Å². The number of rotatable bonds is 5. The van der Waals surface area contributed by atoms with Crippen LogP contribution in [0.2, 0.25) is 5.02 Å². The fourth-order valence-electron chi connectivity index (χ4n) is 3.21. The predicted molar refractivity (Wildman–Crippen MR) is 83.9 cm³/mol. The van der Waals surface area contributed by atoms with Gasteiger partial charge in [0.05, 0.1) is 0 Å². The van der Waals surface area contributed by atoms with Gasteiger partial charge in [0.1, 0.15) is 0 Å². The molecule has 106 valence electrons. The molecule has 0 heterocycles. The first kappa shape index (κ1) is 14.9. The largest absolute Gasteiger partial charge is 0.316 e. The highest BCUT2D eigenvalue weighted by atomic mass is 35.5. The summed E-state index contributed by atoms with van der Waals surface area (Å²) < 4.78 is 0. The van der Waals surface area contributed by atoms with Crippen LogP contribution in [0.4, 0.5) is 0 Å². The van der Waals surface area contributed by atoms with E-state index in [-0.39, 0.29) is 0 Å². The predicted octanol–water partition coefficient (Wildman–Crippen LogP) is 4.79. The van der Waals surface area contributed by atoms with Gasteiger partial charge in [-0.1, -0.05) is 37.6 Å². The molecule has 1 saturated carbocycles. The summed E-state index contributed by atoms with van der Waals surface area (Å²) in [5.41, 5.74) is 1.72. The third kappa shape index (κ3) is 3.73. The van der Waals surface area contributed by atoms with Gasteiger partial charge in [0, 0.05) is 17.0 Å². The Balaban J connectivity index is 2.18. The van der Waals surface area contributed by atoms with Crippen molar-refractivity contribution in [1.29, 1.82) is 0 Å². The Morgan fingerprint density at radius 2 is 2.05 bits per heavy atom. The molecule has 2 heteroatoms. The Morgan fingerprint density at radius 3 is 2.68 bits per heavy atom. The summed E-state index contributed by atoms with van der Waals surface area (Å²) in [5, 5.41) is 4.50. The molecule has 19 heavy (non-hydrogen) atoms. The van der Waals surface area contributed by atoms with Crippen molar-refractivity contribution in [3.05, 3.63) is 34.9 Å². The standard InChI is InChI=1S/C17H26ClN/c1-3-11-19-13-17(9-7-14(2)8-10-17)15-5-4-6-16(18)12-15/h4-6,12,14,19H,3,7-11,13H2,1-2H3. The molecule has 0 aliphatic heterocycles. The highest BCUT2D eigenvalue weighted by Gasteiger charge is 2.35. The number of halogens is 1. The minimum absolute atomic E-state index is 0.298. The molecule has 0 spiro atoms. The van der Waals surface area contributed by atoms with Crippen LogP contribution in [0.3, 0.4) is 0 Å². The van der Waals surface area contributed by atoms with Crippen LogP contribution in [0.15, 0.2) is 24.3 Å². The zero-order chi connectivity index (χ0) is 13.7. The molecule has 1 aromatic carbocycles. The van der Waals surface area contributed by atoms with Gasteiger partial charge in [0.2, 0.25) is 0 Å². The third-order valence-electron chi connectivity index (χ3n) is 4.56. The second-order valence-electron chi connectivity index (χ2n) is 6.15. The van der Waals surface area contributed by atoms with E-state index in [1.54, 1.807) is 0 Å². The molecule has 1 aromatic rings. The zero-order valence-electron chi connectivity index (χ0n) is 12.2. The van der Waals surface area contributed by atoms with Crippen molar-refractivity contribution in [3.8, 4) is 0 Å². The maximum absolute atomic E-state index is 6.20. The minimum Gasteiger partial charge on any atom is -0.316 e. The lowest BCUT2D eigenvalue weighted by atomic mass is 9.67. The first-order chi connectivity index (χ1) is 9.16. The third-order valence-corrected chi connectivity index (χ3v) is 4.79. The summed E-state index contributed by atoms with van der Waals surface area (Å²) in [4.78, 5) is 0. The molecule has 1 aliphatic carbocycles. The molecular formula is C17H26ClN. The lowest BCUT2D eigenvalue weighted by Crippen LogP contribution is -2.41. The quantitative estimate of drug-likeness (QED) is 0.765. The van der Waals surface area contributed by atoms with Gasteiger partial charge in [-0.25, -0.2) is 0 Å². The second kappa shape index (κ2) is 6.76. The lowest BCUT2D eigenvalue weighted by molar-refractivity contribution is 0.234. The van der Waals surface area contributed by atoms with Gasteiger partial charge in [-0.2, -0.15) is 0 Å². The fraction of sp³-hybridized carbons (Fsp3) is 0.647. The summed E-state index contributed by atoms with van der Waals surface area (Å²) in [7, 11) is 0. The molecule has 0 unspecified atom stereocenters. The Bertz CT molecular complexity index is 394. The SMILES string of the molecule is CCCNCC1(c2cccc(Cl)c2)CCC(C)CC1. The smallest absolute Gasteiger partial charge is 0.0408 e. The summed E-state index contributed by atoms with van der Waals surface area (Å²) in [5.74, 6) is 0.874. The Kier molecular flexibility index (Phi) is 5.29. The van der Waals surface area contributed by atoms with Crippen LogP contribution < -0.4 is 5.32 Å². The van der Waals surface area contributed by atoms with E-state index in [1.807, 2.05) is 6.07 Å². The molecule has 2 rings (SSSR count). The van der Waals surface area contributed by atoms with E-state index in [4.69, 9.17) is 11.6 Å². The molecule has 0 bridgehead atoms. The van der Waals surface area contributed by atoms with Crippen molar-refractivity contribution < 1.29 is 0 Å². The maximum Gasteiger partial charge on any atom is 0.0408 e. The van der Waals surface area contributed by atoms with E-state index in [2.05, 4.69) is 37.4 Å². The fourth-order valence-corrected chi connectivity index (χ4v) is 3.40. The van der Waals surface area contributed by atoms with E-state index in [1.165, 1.54) is 37.7 Å². The molecule has 0 radical (unpaired) electrons. The average Bonchev–Trinajstić information content (AvgIpc) is 2.42. The summed E-state index contributed by atoms with van der Waals surface area (Å²) >= 11 is 6.20. The Hall–Kier alpha value is -0.530. The minimum atomic E-state index is 0.298. The first-order valence-corrected chi connectivity index (χ1v) is 8.01. The van der Waals surface area contributed by atoms with Gasteiger partial charge in [-0.05, 0) is 62.3 Å². The molecule has 0 atom stereocenters. The molecule has 1 fully saturated rings. The Morgan fingerprint density at radius 1 is 1.32 bits per heavy atom. The van der Waals surface area contributed by atoms with Crippen molar-refractivity contribution in [2.75, 3.05) is 13.1 Å². The topological polar surface area (TPSA) is 12.0 Å². The van der Waals surface area contributed by atoms with E-state index in [0.717, 1.165) is 24.0 Å². The van der Waals surface area contributed by atoms with Crippen LogP contribution in [0, 0.1) is 5.92 Å².